The number of fused-ring (bicyclic) bond motifs is 1. The number of carbonyl (C=O) groups is 1. The Kier molecular flexibility index (Phi) is 5.65. The fraction of sp³-hybridized carbons (Fsp3) is 0.318. The molecular weight excluding hydrogens is 434 g/mol. The van der Waals surface area contributed by atoms with E-state index < -0.39 is 0 Å². The number of rotatable bonds is 5. The lowest BCUT2D eigenvalue weighted by Gasteiger charge is -2.31. The second-order valence-corrected chi connectivity index (χ2v) is 9.07. The molecule has 1 fully saturated rings. The summed E-state index contributed by atoms with van der Waals surface area (Å²) in [6.45, 7) is 1.48. The van der Waals surface area contributed by atoms with E-state index in [1.54, 1.807) is 23.7 Å². The second kappa shape index (κ2) is 8.72. The first-order valence-corrected chi connectivity index (χ1v) is 11.4. The van der Waals surface area contributed by atoms with Crippen LogP contribution in [0.2, 0.25) is 5.02 Å². The highest BCUT2D eigenvalue weighted by Gasteiger charge is 2.26. The molecule has 0 bridgehead atoms. The lowest BCUT2D eigenvalue weighted by Crippen LogP contribution is -2.38. The first kappa shape index (κ1) is 20.1. The van der Waals surface area contributed by atoms with Gasteiger partial charge in [-0.05, 0) is 43.2 Å². The third-order valence-corrected chi connectivity index (χ3v) is 6.94. The Morgan fingerprint density at radius 1 is 1.23 bits per heavy atom. The third kappa shape index (κ3) is 4.45. The van der Waals surface area contributed by atoms with E-state index in [1.807, 2.05) is 35.2 Å². The Hall–Kier alpha value is -2.84. The molecule has 1 aromatic carbocycles. The molecule has 5 rings (SSSR count). The van der Waals surface area contributed by atoms with Crippen molar-refractivity contribution in [3.8, 4) is 11.4 Å². The van der Waals surface area contributed by atoms with E-state index in [2.05, 4.69) is 15.1 Å². The van der Waals surface area contributed by atoms with Gasteiger partial charge in [0.1, 0.15) is 0 Å². The van der Waals surface area contributed by atoms with Crippen LogP contribution in [-0.2, 0) is 11.2 Å². The van der Waals surface area contributed by atoms with Gasteiger partial charge in [-0.15, -0.1) is 11.3 Å². The van der Waals surface area contributed by atoms with Gasteiger partial charge in [-0.2, -0.15) is 4.98 Å². The van der Waals surface area contributed by atoms with E-state index in [0.717, 1.165) is 46.7 Å². The minimum absolute atomic E-state index is 0.121. The van der Waals surface area contributed by atoms with Crippen LogP contribution in [0.15, 0.2) is 47.2 Å². The summed E-state index contributed by atoms with van der Waals surface area (Å²) in [7, 11) is 0. The van der Waals surface area contributed by atoms with Gasteiger partial charge in [0.05, 0.1) is 15.2 Å². The van der Waals surface area contributed by atoms with Crippen molar-refractivity contribution in [3.05, 3.63) is 58.6 Å². The van der Waals surface area contributed by atoms with Crippen molar-refractivity contribution in [2.75, 3.05) is 13.1 Å². The minimum atomic E-state index is 0.121. The summed E-state index contributed by atoms with van der Waals surface area (Å²) in [6.07, 6.45) is 6.02. The quantitative estimate of drug-likeness (QED) is 0.434. The zero-order valence-corrected chi connectivity index (χ0v) is 18.3. The number of thiazole rings is 1. The van der Waals surface area contributed by atoms with Crippen molar-refractivity contribution in [2.45, 2.75) is 31.6 Å². The molecule has 4 heterocycles. The molecule has 0 radical (unpaired) electrons. The summed E-state index contributed by atoms with van der Waals surface area (Å²) in [6, 6.07) is 9.52. The van der Waals surface area contributed by atoms with Crippen LogP contribution < -0.4 is 0 Å². The number of aromatic nitrogens is 4. The lowest BCUT2D eigenvalue weighted by molar-refractivity contribution is -0.132. The molecule has 1 amide bonds. The highest BCUT2D eigenvalue weighted by Crippen LogP contribution is 2.34. The summed E-state index contributed by atoms with van der Waals surface area (Å²) in [5, 5.41) is 5.82. The van der Waals surface area contributed by atoms with E-state index in [1.165, 1.54) is 0 Å². The molecule has 4 aromatic rings. The Bertz CT molecular complexity index is 1200. The standard InChI is InChI=1S/C22H20ClN5O2S/c23-16-3-4-18-17(12-16)25-22(31-18)14-7-10-28(11-8-14)20(29)6-5-19-26-21(27-30-19)15-2-1-9-24-13-15/h1-4,9,12-14H,5-8,10-11H2. The number of carbonyl (C=O) groups excluding carboxylic acids is 1. The maximum Gasteiger partial charge on any atom is 0.227 e. The summed E-state index contributed by atoms with van der Waals surface area (Å²) >= 11 is 7.80. The lowest BCUT2D eigenvalue weighted by atomic mass is 9.97. The van der Waals surface area contributed by atoms with Crippen LogP contribution >= 0.6 is 22.9 Å². The number of halogens is 1. The fourth-order valence-electron chi connectivity index (χ4n) is 3.81. The van der Waals surface area contributed by atoms with E-state index in [9.17, 15) is 4.79 Å². The predicted octanol–water partition coefficient (Wildman–Crippen LogP) is 4.73. The number of hydrogen-bond donors (Lipinski definition) is 0. The summed E-state index contributed by atoms with van der Waals surface area (Å²) in [5.41, 5.74) is 1.75. The zero-order valence-electron chi connectivity index (χ0n) is 16.7. The first-order valence-electron chi connectivity index (χ1n) is 10.2. The van der Waals surface area contributed by atoms with Gasteiger partial charge < -0.3 is 9.42 Å². The smallest absolute Gasteiger partial charge is 0.227 e. The molecule has 1 saturated heterocycles. The summed E-state index contributed by atoms with van der Waals surface area (Å²) in [5.74, 6) is 1.47. The van der Waals surface area contributed by atoms with Crippen LogP contribution in [0.25, 0.3) is 21.6 Å². The van der Waals surface area contributed by atoms with Crippen molar-refractivity contribution in [1.82, 2.24) is 25.0 Å². The van der Waals surface area contributed by atoms with E-state index in [4.69, 9.17) is 21.1 Å². The van der Waals surface area contributed by atoms with Crippen LogP contribution in [-0.4, -0.2) is 44.0 Å². The highest BCUT2D eigenvalue weighted by atomic mass is 35.5. The van der Waals surface area contributed by atoms with Gasteiger partial charge in [0, 0.05) is 54.8 Å². The first-order chi connectivity index (χ1) is 15.2. The molecule has 3 aromatic heterocycles. The van der Waals surface area contributed by atoms with Gasteiger partial charge in [0.25, 0.3) is 0 Å². The molecule has 158 valence electrons. The second-order valence-electron chi connectivity index (χ2n) is 7.57. The molecule has 0 spiro atoms. The Morgan fingerprint density at radius 3 is 2.90 bits per heavy atom. The average Bonchev–Trinajstić information content (AvgIpc) is 3.45. The van der Waals surface area contributed by atoms with Crippen molar-refractivity contribution in [3.63, 3.8) is 0 Å². The number of nitrogens with zero attached hydrogens (tertiary/aromatic N) is 5. The molecule has 0 atom stereocenters. The molecule has 31 heavy (non-hydrogen) atoms. The van der Waals surface area contributed by atoms with Gasteiger partial charge in [0.15, 0.2) is 0 Å². The van der Waals surface area contributed by atoms with Gasteiger partial charge in [-0.1, -0.05) is 16.8 Å². The number of benzene rings is 1. The van der Waals surface area contributed by atoms with Crippen LogP contribution in [0.3, 0.4) is 0 Å². The number of piperidine rings is 1. The van der Waals surface area contributed by atoms with Crippen LogP contribution in [0.5, 0.6) is 0 Å². The van der Waals surface area contributed by atoms with Crippen molar-refractivity contribution < 1.29 is 9.32 Å². The number of pyridine rings is 1. The Labute approximate surface area is 188 Å². The SMILES string of the molecule is O=C(CCc1nc(-c2cccnc2)no1)N1CCC(c2nc3cc(Cl)ccc3s2)CC1. The minimum Gasteiger partial charge on any atom is -0.343 e. The van der Waals surface area contributed by atoms with Crippen molar-refractivity contribution in [1.29, 1.82) is 0 Å². The van der Waals surface area contributed by atoms with E-state index in [0.29, 0.717) is 35.5 Å². The third-order valence-electron chi connectivity index (χ3n) is 5.50. The van der Waals surface area contributed by atoms with Gasteiger partial charge in [-0.3, -0.25) is 9.78 Å². The highest BCUT2D eigenvalue weighted by molar-refractivity contribution is 7.18. The van der Waals surface area contributed by atoms with Crippen molar-refractivity contribution in [2.24, 2.45) is 0 Å². The Morgan fingerprint density at radius 2 is 2.10 bits per heavy atom. The Balaban J connectivity index is 1.14. The largest absolute Gasteiger partial charge is 0.343 e. The van der Waals surface area contributed by atoms with Crippen LogP contribution in [0.1, 0.15) is 36.1 Å². The normalized spacial score (nSPS) is 14.9. The van der Waals surface area contributed by atoms with Gasteiger partial charge >= 0.3 is 0 Å². The van der Waals surface area contributed by atoms with Gasteiger partial charge in [-0.25, -0.2) is 4.98 Å². The number of hydrogen-bond acceptors (Lipinski definition) is 7. The molecular formula is C22H20ClN5O2S. The molecule has 0 N–H and O–H groups in total. The van der Waals surface area contributed by atoms with E-state index in [-0.39, 0.29) is 5.91 Å². The fourth-order valence-corrected chi connectivity index (χ4v) is 5.09. The number of aryl methyl sites for hydroxylation is 1. The zero-order chi connectivity index (χ0) is 21.2. The molecule has 9 heteroatoms. The summed E-state index contributed by atoms with van der Waals surface area (Å²) < 4.78 is 6.45. The predicted molar refractivity (Wildman–Crippen MR) is 119 cm³/mol. The topological polar surface area (TPSA) is 85.0 Å². The van der Waals surface area contributed by atoms with Crippen molar-refractivity contribution >= 4 is 39.1 Å². The molecule has 0 aliphatic carbocycles. The molecule has 0 saturated carbocycles. The molecule has 1 aliphatic heterocycles. The van der Waals surface area contributed by atoms with Crippen LogP contribution in [0, 0.1) is 0 Å². The average molecular weight is 454 g/mol. The maximum atomic E-state index is 12.7. The summed E-state index contributed by atoms with van der Waals surface area (Å²) in [4.78, 5) is 27.8. The molecule has 0 unspecified atom stereocenters. The monoisotopic (exact) mass is 453 g/mol. The molecule has 1 aliphatic rings. The maximum absolute atomic E-state index is 12.7. The number of likely N-dealkylation sites (tertiary alicyclic amines) is 1. The van der Waals surface area contributed by atoms with E-state index >= 15 is 0 Å². The van der Waals surface area contributed by atoms with Gasteiger partial charge in [0.2, 0.25) is 17.6 Å². The molecule has 7 nitrogen and oxygen atoms in total. The van der Waals surface area contributed by atoms with Crippen LogP contribution in [0.4, 0.5) is 0 Å². The number of amides is 1.